The number of nitrogens with zero attached hydrogens (tertiary/aromatic N) is 2. The number of rotatable bonds is 3. The Kier molecular flexibility index (Phi) is 4.89. The van der Waals surface area contributed by atoms with E-state index in [1.165, 1.54) is 41.5 Å². The molecule has 4 aromatic rings. The van der Waals surface area contributed by atoms with Crippen molar-refractivity contribution in [1.29, 1.82) is 0 Å². The number of alkyl halides is 3. The number of hydrogen-bond acceptors (Lipinski definition) is 3. The number of carbonyl (C=O) groups excluding carboxylic acids is 1. The number of aromatic nitrogens is 1. The van der Waals surface area contributed by atoms with E-state index < -0.39 is 17.6 Å². The lowest BCUT2D eigenvalue weighted by molar-refractivity contribution is -0.137. The number of para-hydroxylation sites is 1. The summed E-state index contributed by atoms with van der Waals surface area (Å²) >= 11 is 1.17. The molecule has 0 saturated carbocycles. The van der Waals surface area contributed by atoms with Crippen LogP contribution in [0, 0.1) is 0 Å². The van der Waals surface area contributed by atoms with Crippen molar-refractivity contribution in [2.24, 2.45) is 0 Å². The van der Waals surface area contributed by atoms with Crippen molar-refractivity contribution in [2.75, 3.05) is 11.9 Å². The Labute approximate surface area is 173 Å². The average Bonchev–Trinajstić information content (AvgIpc) is 3.19. The average molecular weight is 430 g/mol. The van der Waals surface area contributed by atoms with Gasteiger partial charge in [0.05, 0.1) is 21.3 Å². The van der Waals surface area contributed by atoms with Crippen LogP contribution in [-0.4, -0.2) is 17.5 Å². The van der Waals surface area contributed by atoms with E-state index in [0.717, 1.165) is 23.0 Å². The Bertz CT molecular complexity index is 1340. The maximum atomic E-state index is 13.0. The number of aryl methyl sites for hydroxylation is 1. The first-order chi connectivity index (χ1) is 14.2. The van der Waals surface area contributed by atoms with Crippen molar-refractivity contribution in [1.82, 2.24) is 4.57 Å². The summed E-state index contributed by atoms with van der Waals surface area (Å²) in [4.78, 5) is 27.4. The summed E-state index contributed by atoms with van der Waals surface area (Å²) in [7, 11) is 1.42. The zero-order valence-corrected chi connectivity index (χ0v) is 17.0. The summed E-state index contributed by atoms with van der Waals surface area (Å²) in [6, 6.07) is 13.6. The van der Waals surface area contributed by atoms with E-state index in [1.54, 1.807) is 4.57 Å². The third-order valence-electron chi connectivity index (χ3n) is 5.04. The minimum Gasteiger partial charge on any atom is -0.311 e. The smallest absolute Gasteiger partial charge is 0.311 e. The van der Waals surface area contributed by atoms with Crippen molar-refractivity contribution in [3.8, 4) is 0 Å². The predicted octanol–water partition coefficient (Wildman–Crippen LogP) is 5.53. The highest BCUT2D eigenvalue weighted by atomic mass is 32.1. The van der Waals surface area contributed by atoms with Gasteiger partial charge in [0.1, 0.15) is 0 Å². The number of pyridine rings is 1. The summed E-state index contributed by atoms with van der Waals surface area (Å²) < 4.78 is 41.4. The molecule has 30 heavy (non-hydrogen) atoms. The van der Waals surface area contributed by atoms with Gasteiger partial charge in [-0.3, -0.25) is 9.59 Å². The summed E-state index contributed by atoms with van der Waals surface area (Å²) in [5.74, 6) is -0.470. The molecule has 2 aromatic heterocycles. The number of halogens is 3. The molecule has 2 aromatic carbocycles. The van der Waals surface area contributed by atoms with E-state index in [1.807, 2.05) is 31.2 Å². The van der Waals surface area contributed by atoms with Crippen molar-refractivity contribution >= 4 is 43.9 Å². The Morgan fingerprint density at radius 1 is 1.07 bits per heavy atom. The molecule has 0 aliphatic heterocycles. The van der Waals surface area contributed by atoms with Crippen LogP contribution < -0.4 is 10.5 Å². The van der Waals surface area contributed by atoms with Crippen molar-refractivity contribution in [3.63, 3.8) is 0 Å². The molecule has 0 N–H and O–H groups in total. The van der Waals surface area contributed by atoms with Crippen LogP contribution in [-0.2, 0) is 12.7 Å². The van der Waals surface area contributed by atoms with Gasteiger partial charge in [-0.15, -0.1) is 11.3 Å². The van der Waals surface area contributed by atoms with Gasteiger partial charge in [0, 0.05) is 29.4 Å². The highest BCUT2D eigenvalue weighted by molar-refractivity contribution is 7.21. The zero-order chi connectivity index (χ0) is 21.6. The van der Waals surface area contributed by atoms with Crippen LogP contribution in [0.2, 0.25) is 0 Å². The third kappa shape index (κ3) is 3.27. The van der Waals surface area contributed by atoms with E-state index >= 15 is 0 Å². The maximum absolute atomic E-state index is 13.0. The molecule has 1 amide bonds. The quantitative estimate of drug-likeness (QED) is 0.429. The van der Waals surface area contributed by atoms with Gasteiger partial charge in [0.2, 0.25) is 0 Å². The molecule has 0 radical (unpaired) electrons. The first kappa shape index (κ1) is 20.2. The van der Waals surface area contributed by atoms with Crippen LogP contribution >= 0.6 is 11.3 Å². The first-order valence-corrected chi connectivity index (χ1v) is 10.0. The standard InChI is InChI=1S/C22H17F3N2O2S/c1-3-27-17-10-5-4-9-15(17)19-16(20(27)28)12-18(30-19)21(29)26(2)14-8-6-7-13(11-14)22(23,24)25/h4-12H,3H2,1-2H3. The molecule has 0 aliphatic carbocycles. The van der Waals surface area contributed by atoms with Crippen LogP contribution in [0.15, 0.2) is 59.4 Å². The Morgan fingerprint density at radius 2 is 1.80 bits per heavy atom. The van der Waals surface area contributed by atoms with E-state index in [2.05, 4.69) is 0 Å². The van der Waals surface area contributed by atoms with Gasteiger partial charge in [-0.25, -0.2) is 0 Å². The molecule has 2 heterocycles. The molecular weight excluding hydrogens is 413 g/mol. The van der Waals surface area contributed by atoms with Crippen LogP contribution in [0.1, 0.15) is 22.2 Å². The number of fused-ring (bicyclic) bond motifs is 3. The predicted molar refractivity (Wildman–Crippen MR) is 113 cm³/mol. The monoisotopic (exact) mass is 430 g/mol. The third-order valence-corrected chi connectivity index (χ3v) is 6.20. The highest BCUT2D eigenvalue weighted by Crippen LogP contribution is 2.34. The number of carbonyl (C=O) groups is 1. The van der Waals surface area contributed by atoms with Crippen LogP contribution in [0.3, 0.4) is 0 Å². The summed E-state index contributed by atoms with van der Waals surface area (Å²) in [5, 5.41) is 1.29. The van der Waals surface area contributed by atoms with E-state index in [9.17, 15) is 22.8 Å². The largest absolute Gasteiger partial charge is 0.416 e. The van der Waals surface area contributed by atoms with Gasteiger partial charge in [-0.1, -0.05) is 24.3 Å². The minimum absolute atomic E-state index is 0.128. The first-order valence-electron chi connectivity index (χ1n) is 9.22. The second-order valence-corrected chi connectivity index (χ2v) is 7.88. The van der Waals surface area contributed by atoms with Gasteiger partial charge in [0.25, 0.3) is 11.5 Å². The van der Waals surface area contributed by atoms with Gasteiger partial charge < -0.3 is 9.47 Å². The number of anilines is 1. The van der Waals surface area contributed by atoms with Crippen molar-refractivity contribution in [2.45, 2.75) is 19.6 Å². The molecule has 0 atom stereocenters. The van der Waals surface area contributed by atoms with Crippen LogP contribution in [0.25, 0.3) is 21.0 Å². The fourth-order valence-corrected chi connectivity index (χ4v) is 4.66. The molecule has 8 heteroatoms. The number of hydrogen-bond donors (Lipinski definition) is 0. The fourth-order valence-electron chi connectivity index (χ4n) is 3.50. The molecule has 0 bridgehead atoms. The summed E-state index contributed by atoms with van der Waals surface area (Å²) in [6.07, 6.45) is -4.50. The molecule has 0 aliphatic rings. The van der Waals surface area contributed by atoms with E-state index in [-0.39, 0.29) is 11.2 Å². The second kappa shape index (κ2) is 7.28. The molecule has 0 fully saturated rings. The number of benzene rings is 2. The Balaban J connectivity index is 1.82. The van der Waals surface area contributed by atoms with E-state index in [0.29, 0.717) is 21.5 Å². The summed E-state index contributed by atoms with van der Waals surface area (Å²) in [5.41, 5.74) is -0.108. The topological polar surface area (TPSA) is 42.3 Å². The highest BCUT2D eigenvalue weighted by Gasteiger charge is 2.31. The lowest BCUT2D eigenvalue weighted by Crippen LogP contribution is -2.25. The second-order valence-electron chi connectivity index (χ2n) is 6.83. The molecule has 4 nitrogen and oxygen atoms in total. The van der Waals surface area contributed by atoms with E-state index in [4.69, 9.17) is 0 Å². The van der Waals surface area contributed by atoms with Crippen LogP contribution in [0.4, 0.5) is 18.9 Å². The van der Waals surface area contributed by atoms with Crippen LogP contribution in [0.5, 0.6) is 0 Å². The molecule has 4 rings (SSSR count). The van der Waals surface area contributed by atoms with Crippen molar-refractivity contribution in [3.05, 3.63) is 75.4 Å². The lowest BCUT2D eigenvalue weighted by atomic mass is 10.1. The summed E-state index contributed by atoms with van der Waals surface area (Å²) in [6.45, 7) is 2.36. The molecular formula is C22H17F3N2O2S. The minimum atomic E-state index is -4.50. The Morgan fingerprint density at radius 3 is 2.50 bits per heavy atom. The van der Waals surface area contributed by atoms with Crippen molar-refractivity contribution < 1.29 is 18.0 Å². The Hall–Kier alpha value is -3.13. The van der Waals surface area contributed by atoms with Gasteiger partial charge in [-0.05, 0) is 37.3 Å². The normalized spacial score (nSPS) is 11.9. The maximum Gasteiger partial charge on any atom is 0.416 e. The molecule has 154 valence electrons. The molecule has 0 unspecified atom stereocenters. The van der Waals surface area contributed by atoms with Gasteiger partial charge in [0.15, 0.2) is 0 Å². The van der Waals surface area contributed by atoms with Gasteiger partial charge in [-0.2, -0.15) is 13.2 Å². The number of thiophene rings is 1. The molecule has 0 saturated heterocycles. The lowest BCUT2D eigenvalue weighted by Gasteiger charge is -2.18. The van der Waals surface area contributed by atoms with Gasteiger partial charge >= 0.3 is 6.18 Å². The fraction of sp³-hybridized carbons (Fsp3) is 0.182. The molecule has 0 spiro atoms. The SMILES string of the molecule is CCn1c(=O)c2cc(C(=O)N(C)c3cccc(C(F)(F)F)c3)sc2c2ccccc21. The zero-order valence-electron chi connectivity index (χ0n) is 16.2. The number of amides is 1.